The fraction of sp³-hybridized carbons (Fsp3) is 0.259. The molecule has 2 atom stereocenters. The van der Waals surface area contributed by atoms with Crippen molar-refractivity contribution in [2.45, 2.75) is 32.5 Å². The summed E-state index contributed by atoms with van der Waals surface area (Å²) < 4.78 is 13.8. The number of β-amino-alcohol motifs (C(OH)–C–C–N with tert-alkyl or cyclic N) is 1. The van der Waals surface area contributed by atoms with Gasteiger partial charge >= 0.3 is 0 Å². The van der Waals surface area contributed by atoms with Crippen LogP contribution >= 0.6 is 0 Å². The van der Waals surface area contributed by atoms with Crippen molar-refractivity contribution in [3.8, 4) is 0 Å². The van der Waals surface area contributed by atoms with Crippen molar-refractivity contribution in [3.05, 3.63) is 88.0 Å². The first-order valence-electron chi connectivity index (χ1n) is 11.6. The molecular weight excluding hydrogens is 447 g/mol. The number of rotatable bonds is 5. The quantitative estimate of drug-likeness (QED) is 0.427. The van der Waals surface area contributed by atoms with Gasteiger partial charge in [0.1, 0.15) is 5.82 Å². The van der Waals surface area contributed by atoms with Gasteiger partial charge in [-0.3, -0.25) is 14.5 Å². The highest BCUT2D eigenvalue weighted by Crippen LogP contribution is 2.34. The van der Waals surface area contributed by atoms with Crippen molar-refractivity contribution >= 4 is 29.2 Å². The average Bonchev–Trinajstić information content (AvgIpc) is 3.41. The molecule has 35 heavy (non-hydrogen) atoms. The highest BCUT2D eigenvalue weighted by atomic mass is 19.1. The second-order valence-corrected chi connectivity index (χ2v) is 9.19. The minimum atomic E-state index is -0.669. The maximum atomic E-state index is 13.8. The van der Waals surface area contributed by atoms with Gasteiger partial charge in [-0.2, -0.15) is 0 Å². The minimum Gasteiger partial charge on any atom is -0.390 e. The number of aromatic nitrogens is 1. The summed E-state index contributed by atoms with van der Waals surface area (Å²) in [7, 11) is 0. The number of likely N-dealkylation sites (tertiary alicyclic amines) is 1. The Bertz CT molecular complexity index is 1330. The lowest BCUT2D eigenvalue weighted by Gasteiger charge is -2.17. The lowest BCUT2D eigenvalue weighted by molar-refractivity contribution is -0.110. The molecule has 2 unspecified atom stereocenters. The number of hydrogen-bond acceptors (Lipinski definition) is 4. The number of hydrogen-bond donors (Lipinski definition) is 4. The molecule has 0 bridgehead atoms. The topological polar surface area (TPSA) is 97.5 Å². The molecule has 7 nitrogen and oxygen atoms in total. The molecule has 2 aromatic carbocycles. The smallest absolute Gasteiger partial charge is 0.256 e. The Morgan fingerprint density at radius 1 is 1.20 bits per heavy atom. The summed E-state index contributed by atoms with van der Waals surface area (Å²) in [5.74, 6) is -1.04. The zero-order chi connectivity index (χ0) is 24.7. The summed E-state index contributed by atoms with van der Waals surface area (Å²) in [6.07, 6.45) is 0.975. The molecule has 2 amide bonds. The van der Waals surface area contributed by atoms with Gasteiger partial charge in [0.05, 0.1) is 23.3 Å². The predicted octanol–water partition coefficient (Wildman–Crippen LogP) is 3.24. The third-order valence-corrected chi connectivity index (χ3v) is 6.69. The van der Waals surface area contributed by atoms with E-state index in [-0.39, 0.29) is 11.8 Å². The minimum absolute atomic E-state index is 0.283. The van der Waals surface area contributed by atoms with Crippen LogP contribution in [0.25, 0.3) is 11.6 Å². The van der Waals surface area contributed by atoms with Gasteiger partial charge < -0.3 is 20.7 Å². The van der Waals surface area contributed by atoms with E-state index >= 15 is 0 Å². The Hall–Kier alpha value is -3.75. The molecule has 8 heteroatoms. The number of halogens is 1. The second-order valence-electron chi connectivity index (χ2n) is 9.19. The van der Waals surface area contributed by atoms with Crippen LogP contribution in [0.1, 0.15) is 38.4 Å². The van der Waals surface area contributed by atoms with E-state index in [1.54, 1.807) is 19.9 Å². The highest BCUT2D eigenvalue weighted by molar-refractivity contribution is 6.34. The van der Waals surface area contributed by atoms with Gasteiger partial charge in [-0.05, 0) is 49.2 Å². The van der Waals surface area contributed by atoms with Crippen LogP contribution in [0.5, 0.6) is 0 Å². The summed E-state index contributed by atoms with van der Waals surface area (Å²) in [6.45, 7) is 5.32. The number of fused-ring (bicyclic) bond motifs is 1. The van der Waals surface area contributed by atoms with Gasteiger partial charge in [-0.25, -0.2) is 4.39 Å². The third-order valence-electron chi connectivity index (χ3n) is 6.69. The molecule has 1 fully saturated rings. The Kier molecular flexibility index (Phi) is 6.00. The van der Waals surface area contributed by atoms with E-state index in [1.807, 2.05) is 30.3 Å². The number of aliphatic hydroxyl groups excluding tert-OH is 1. The molecule has 4 N–H and O–H groups in total. The summed E-state index contributed by atoms with van der Waals surface area (Å²) in [4.78, 5) is 31.0. The van der Waals surface area contributed by atoms with E-state index in [1.165, 1.54) is 18.2 Å². The van der Waals surface area contributed by atoms with Crippen LogP contribution in [0.4, 0.5) is 10.1 Å². The highest BCUT2D eigenvalue weighted by Gasteiger charge is 2.33. The number of carbonyl (C=O) groups is 2. The predicted molar refractivity (Wildman–Crippen MR) is 132 cm³/mol. The molecule has 180 valence electrons. The van der Waals surface area contributed by atoms with Crippen molar-refractivity contribution < 1.29 is 19.1 Å². The standard InChI is InChI=1S/C27H27FN4O3/c1-15-22(11-20-19-10-18(28)8-9-21(19)30-26(20)34)29-16(2)25(15)27(35)31-23-13-32(14-24(23)33)12-17-6-4-3-5-7-17/h3-11,23-24,29,33H,12-14H2,1-2H3,(H,30,34)(H,31,35)/b20-11-. The van der Waals surface area contributed by atoms with E-state index in [4.69, 9.17) is 0 Å². The zero-order valence-electron chi connectivity index (χ0n) is 19.6. The number of carbonyl (C=O) groups excluding carboxylic acids is 2. The third kappa shape index (κ3) is 4.50. The van der Waals surface area contributed by atoms with Gasteiger partial charge in [0.2, 0.25) is 0 Å². The van der Waals surface area contributed by atoms with Gasteiger partial charge in [0.15, 0.2) is 0 Å². The monoisotopic (exact) mass is 474 g/mol. The lowest BCUT2D eigenvalue weighted by Crippen LogP contribution is -2.43. The van der Waals surface area contributed by atoms with Gasteiger partial charge in [-0.15, -0.1) is 0 Å². The van der Waals surface area contributed by atoms with Crippen molar-refractivity contribution in [3.63, 3.8) is 0 Å². The molecule has 5 rings (SSSR count). The van der Waals surface area contributed by atoms with Crippen molar-refractivity contribution in [1.82, 2.24) is 15.2 Å². The Labute approximate surface area is 202 Å². The number of H-pyrrole nitrogens is 1. The van der Waals surface area contributed by atoms with Crippen LogP contribution in [-0.2, 0) is 11.3 Å². The fourth-order valence-electron chi connectivity index (χ4n) is 4.93. The molecule has 2 aliphatic heterocycles. The first-order valence-corrected chi connectivity index (χ1v) is 11.6. The summed E-state index contributed by atoms with van der Waals surface area (Å²) in [5.41, 5.74) is 4.93. The molecule has 0 spiro atoms. The van der Waals surface area contributed by atoms with Crippen LogP contribution < -0.4 is 10.6 Å². The van der Waals surface area contributed by atoms with E-state index < -0.39 is 18.0 Å². The Morgan fingerprint density at radius 2 is 1.97 bits per heavy atom. The number of nitrogens with zero attached hydrogens (tertiary/aromatic N) is 1. The molecular formula is C27H27FN4O3. The molecule has 3 aromatic rings. The SMILES string of the molecule is Cc1[nH]c(/C=C2\C(=O)Nc3ccc(F)cc32)c(C)c1C(=O)NC1CN(Cc2ccccc2)CC1O. The Balaban J connectivity index is 1.33. The number of nitrogens with one attached hydrogen (secondary N) is 3. The number of amides is 2. The van der Waals surface area contributed by atoms with Gasteiger partial charge in [-0.1, -0.05) is 30.3 Å². The first kappa shape index (κ1) is 23.0. The molecule has 0 saturated carbocycles. The van der Waals surface area contributed by atoms with Crippen LogP contribution in [-0.4, -0.2) is 52.0 Å². The number of anilines is 1. The summed E-state index contributed by atoms with van der Waals surface area (Å²) >= 11 is 0. The summed E-state index contributed by atoms with van der Waals surface area (Å²) in [5, 5.41) is 16.3. The van der Waals surface area contributed by atoms with E-state index in [2.05, 4.69) is 20.5 Å². The number of benzene rings is 2. The number of aromatic amines is 1. The normalized spacial score (nSPS) is 20.8. The molecule has 3 heterocycles. The first-order chi connectivity index (χ1) is 16.8. The average molecular weight is 475 g/mol. The van der Waals surface area contributed by atoms with E-state index in [9.17, 15) is 19.1 Å². The van der Waals surface area contributed by atoms with Crippen LogP contribution in [0.15, 0.2) is 48.5 Å². The fourth-order valence-corrected chi connectivity index (χ4v) is 4.93. The maximum absolute atomic E-state index is 13.8. The van der Waals surface area contributed by atoms with Crippen LogP contribution in [0, 0.1) is 19.7 Å². The molecule has 0 aliphatic carbocycles. The van der Waals surface area contributed by atoms with Crippen molar-refractivity contribution in [2.24, 2.45) is 0 Å². The second kappa shape index (κ2) is 9.13. The maximum Gasteiger partial charge on any atom is 0.256 e. The van der Waals surface area contributed by atoms with Crippen molar-refractivity contribution in [1.29, 1.82) is 0 Å². The molecule has 2 aliphatic rings. The lowest BCUT2D eigenvalue weighted by atomic mass is 10.0. The van der Waals surface area contributed by atoms with E-state index in [0.29, 0.717) is 59.0 Å². The molecule has 1 aromatic heterocycles. The van der Waals surface area contributed by atoms with Crippen molar-refractivity contribution in [2.75, 3.05) is 18.4 Å². The number of aliphatic hydroxyl groups is 1. The Morgan fingerprint density at radius 3 is 2.74 bits per heavy atom. The largest absolute Gasteiger partial charge is 0.390 e. The molecule has 1 saturated heterocycles. The van der Waals surface area contributed by atoms with Gasteiger partial charge in [0, 0.05) is 42.3 Å². The number of aryl methyl sites for hydroxylation is 1. The van der Waals surface area contributed by atoms with Gasteiger partial charge in [0.25, 0.3) is 11.8 Å². The molecule has 0 radical (unpaired) electrons. The summed E-state index contributed by atoms with van der Waals surface area (Å²) in [6, 6.07) is 13.8. The van der Waals surface area contributed by atoms with Crippen LogP contribution in [0.3, 0.4) is 0 Å². The van der Waals surface area contributed by atoms with E-state index in [0.717, 1.165) is 5.56 Å². The zero-order valence-corrected chi connectivity index (χ0v) is 19.6. The van der Waals surface area contributed by atoms with Crippen LogP contribution in [0.2, 0.25) is 0 Å².